The fraction of sp³-hybridized carbons (Fsp3) is 0.167. The molecule has 1 aromatic heterocycles. The van der Waals surface area contributed by atoms with Crippen LogP contribution in [-0.4, -0.2) is 4.98 Å². The van der Waals surface area contributed by atoms with Crippen molar-refractivity contribution < 1.29 is 0 Å². The minimum absolute atomic E-state index is 0. The molecular formula is C6H6Cl3N. The highest BCUT2D eigenvalue weighted by Gasteiger charge is 1.98. The predicted molar refractivity (Wildman–Crippen MR) is 46.2 cm³/mol. The third-order valence-corrected chi connectivity index (χ3v) is 1.90. The molecule has 1 rings (SSSR count). The molecule has 1 nitrogen and oxygen atoms in total. The molecule has 0 saturated heterocycles. The van der Waals surface area contributed by atoms with Crippen LogP contribution in [0.1, 0.15) is 5.56 Å². The molecule has 10 heavy (non-hydrogen) atoms. The summed E-state index contributed by atoms with van der Waals surface area (Å²) in [5.41, 5.74) is 0.955. The van der Waals surface area contributed by atoms with Crippen molar-refractivity contribution in [1.82, 2.24) is 4.98 Å². The van der Waals surface area contributed by atoms with Gasteiger partial charge in [-0.25, -0.2) is 4.98 Å². The second-order valence-corrected chi connectivity index (χ2v) is 2.47. The van der Waals surface area contributed by atoms with Crippen LogP contribution in [0.15, 0.2) is 12.3 Å². The Morgan fingerprint density at radius 1 is 1.40 bits per heavy atom. The lowest BCUT2D eigenvalue weighted by Gasteiger charge is -1.95. The maximum Gasteiger partial charge on any atom is 0.147 e. The largest absolute Gasteiger partial charge is 0.243 e. The fourth-order valence-electron chi connectivity index (χ4n) is 0.507. The normalized spacial score (nSPS) is 8.70. The van der Waals surface area contributed by atoms with Gasteiger partial charge in [0, 0.05) is 6.20 Å². The van der Waals surface area contributed by atoms with Crippen LogP contribution >= 0.6 is 35.6 Å². The van der Waals surface area contributed by atoms with E-state index < -0.39 is 0 Å². The predicted octanol–water partition coefficient (Wildman–Crippen LogP) is 3.12. The third-order valence-electron chi connectivity index (χ3n) is 1.04. The van der Waals surface area contributed by atoms with Gasteiger partial charge in [0.1, 0.15) is 5.15 Å². The zero-order valence-electron chi connectivity index (χ0n) is 5.27. The summed E-state index contributed by atoms with van der Waals surface area (Å²) >= 11 is 11.3. The molecule has 0 saturated carbocycles. The highest BCUT2D eigenvalue weighted by Crippen LogP contribution is 2.21. The zero-order chi connectivity index (χ0) is 6.85. The Kier molecular flexibility index (Phi) is 4.02. The SMILES string of the molecule is Cc1ccnc(Cl)c1Cl.Cl. The van der Waals surface area contributed by atoms with Crippen LogP contribution in [0.3, 0.4) is 0 Å². The maximum atomic E-state index is 5.68. The van der Waals surface area contributed by atoms with E-state index in [2.05, 4.69) is 4.98 Å². The Balaban J connectivity index is 0.000000810. The van der Waals surface area contributed by atoms with E-state index in [-0.39, 0.29) is 12.4 Å². The Bertz CT molecular complexity index is 204. The second kappa shape index (κ2) is 4.02. The first-order chi connectivity index (χ1) is 4.22. The van der Waals surface area contributed by atoms with E-state index in [9.17, 15) is 0 Å². The first-order valence-corrected chi connectivity index (χ1v) is 3.24. The number of rotatable bonds is 0. The monoisotopic (exact) mass is 197 g/mol. The lowest BCUT2D eigenvalue weighted by atomic mass is 10.3. The average molecular weight is 198 g/mol. The third kappa shape index (κ3) is 2.01. The maximum absolute atomic E-state index is 5.68. The zero-order valence-corrected chi connectivity index (χ0v) is 7.59. The number of aromatic nitrogens is 1. The molecule has 0 aromatic carbocycles. The Labute approximate surface area is 75.8 Å². The summed E-state index contributed by atoms with van der Waals surface area (Å²) in [5, 5.41) is 0.913. The van der Waals surface area contributed by atoms with Gasteiger partial charge in [0.25, 0.3) is 0 Å². The number of pyridine rings is 1. The minimum Gasteiger partial charge on any atom is -0.243 e. The molecule has 4 heteroatoms. The molecule has 0 N–H and O–H groups in total. The Hall–Kier alpha value is 0.0200. The Morgan fingerprint density at radius 3 is 2.40 bits per heavy atom. The van der Waals surface area contributed by atoms with Crippen molar-refractivity contribution in [2.75, 3.05) is 0 Å². The molecule has 1 heterocycles. The van der Waals surface area contributed by atoms with Crippen molar-refractivity contribution in [3.8, 4) is 0 Å². The summed E-state index contributed by atoms with van der Waals surface area (Å²) < 4.78 is 0. The molecule has 0 aliphatic heterocycles. The number of halogens is 3. The lowest BCUT2D eigenvalue weighted by Crippen LogP contribution is -1.78. The molecule has 0 aliphatic rings. The fourth-order valence-corrected chi connectivity index (χ4v) is 0.824. The molecule has 0 spiro atoms. The lowest BCUT2D eigenvalue weighted by molar-refractivity contribution is 1.29. The number of nitrogens with zero attached hydrogens (tertiary/aromatic N) is 1. The van der Waals surface area contributed by atoms with Gasteiger partial charge in [-0.15, -0.1) is 12.4 Å². The van der Waals surface area contributed by atoms with E-state index in [0.29, 0.717) is 10.2 Å². The average Bonchev–Trinajstić information content (AvgIpc) is 1.83. The quantitative estimate of drug-likeness (QED) is 0.584. The van der Waals surface area contributed by atoms with Gasteiger partial charge in [-0.1, -0.05) is 23.2 Å². The highest BCUT2D eigenvalue weighted by molar-refractivity contribution is 6.41. The van der Waals surface area contributed by atoms with E-state index >= 15 is 0 Å². The summed E-state index contributed by atoms with van der Waals surface area (Å²) in [7, 11) is 0. The van der Waals surface area contributed by atoms with Gasteiger partial charge in [0.2, 0.25) is 0 Å². The highest BCUT2D eigenvalue weighted by atomic mass is 35.5. The molecule has 0 bridgehead atoms. The van der Waals surface area contributed by atoms with Crippen LogP contribution in [-0.2, 0) is 0 Å². The number of hydrogen-bond donors (Lipinski definition) is 0. The van der Waals surface area contributed by atoms with E-state index in [4.69, 9.17) is 23.2 Å². The van der Waals surface area contributed by atoms with E-state index in [1.54, 1.807) is 6.20 Å². The number of hydrogen-bond acceptors (Lipinski definition) is 1. The van der Waals surface area contributed by atoms with E-state index in [1.807, 2.05) is 13.0 Å². The standard InChI is InChI=1S/C6H5Cl2N.ClH/c1-4-2-3-9-6(8)5(4)7;/h2-3H,1H3;1H. The summed E-state index contributed by atoms with van der Waals surface area (Å²) in [4.78, 5) is 3.77. The summed E-state index contributed by atoms with van der Waals surface area (Å²) in [6.45, 7) is 1.88. The number of aryl methyl sites for hydroxylation is 1. The molecular weight excluding hydrogens is 192 g/mol. The summed E-state index contributed by atoms with van der Waals surface area (Å²) in [6.07, 6.45) is 1.63. The van der Waals surface area contributed by atoms with Crippen LogP contribution in [0.5, 0.6) is 0 Å². The van der Waals surface area contributed by atoms with Crippen molar-refractivity contribution in [2.24, 2.45) is 0 Å². The van der Waals surface area contributed by atoms with Gasteiger partial charge in [0.15, 0.2) is 0 Å². The van der Waals surface area contributed by atoms with E-state index in [0.717, 1.165) is 5.56 Å². The van der Waals surface area contributed by atoms with Crippen LogP contribution in [0.2, 0.25) is 10.2 Å². The molecule has 0 amide bonds. The molecule has 0 radical (unpaired) electrons. The topological polar surface area (TPSA) is 12.9 Å². The molecule has 1 aromatic rings. The van der Waals surface area contributed by atoms with Gasteiger partial charge in [-0.05, 0) is 18.6 Å². The van der Waals surface area contributed by atoms with E-state index in [1.165, 1.54) is 0 Å². The molecule has 0 aliphatic carbocycles. The van der Waals surface area contributed by atoms with Gasteiger partial charge >= 0.3 is 0 Å². The van der Waals surface area contributed by atoms with Gasteiger partial charge in [-0.2, -0.15) is 0 Å². The molecule has 0 atom stereocenters. The Morgan fingerprint density at radius 2 is 2.00 bits per heavy atom. The van der Waals surface area contributed by atoms with Crippen molar-refractivity contribution in [1.29, 1.82) is 0 Å². The minimum atomic E-state index is 0. The first kappa shape index (κ1) is 10.0. The van der Waals surface area contributed by atoms with Gasteiger partial charge in [-0.3, -0.25) is 0 Å². The smallest absolute Gasteiger partial charge is 0.147 e. The van der Waals surface area contributed by atoms with Gasteiger partial charge < -0.3 is 0 Å². The summed E-state index contributed by atoms with van der Waals surface area (Å²) in [6, 6.07) is 1.81. The summed E-state index contributed by atoms with van der Waals surface area (Å²) in [5.74, 6) is 0. The molecule has 0 unspecified atom stereocenters. The van der Waals surface area contributed by atoms with Crippen LogP contribution < -0.4 is 0 Å². The van der Waals surface area contributed by atoms with Crippen molar-refractivity contribution in [3.63, 3.8) is 0 Å². The molecule has 56 valence electrons. The molecule has 0 fully saturated rings. The van der Waals surface area contributed by atoms with Gasteiger partial charge in [0.05, 0.1) is 5.02 Å². The second-order valence-electron chi connectivity index (χ2n) is 1.73. The van der Waals surface area contributed by atoms with Crippen LogP contribution in [0, 0.1) is 6.92 Å². The van der Waals surface area contributed by atoms with Crippen molar-refractivity contribution in [2.45, 2.75) is 6.92 Å². The van der Waals surface area contributed by atoms with Crippen molar-refractivity contribution in [3.05, 3.63) is 28.0 Å². The van der Waals surface area contributed by atoms with Crippen LogP contribution in [0.25, 0.3) is 0 Å². The van der Waals surface area contributed by atoms with Crippen molar-refractivity contribution >= 4 is 35.6 Å². The van der Waals surface area contributed by atoms with Crippen LogP contribution in [0.4, 0.5) is 0 Å². The first-order valence-electron chi connectivity index (χ1n) is 2.48.